The molecule has 3 aromatic carbocycles. The van der Waals surface area contributed by atoms with Gasteiger partial charge in [0.1, 0.15) is 5.03 Å². The predicted molar refractivity (Wildman–Crippen MR) is 134 cm³/mol. The van der Waals surface area contributed by atoms with Gasteiger partial charge in [-0.1, -0.05) is 85.8 Å². The summed E-state index contributed by atoms with van der Waals surface area (Å²) in [5.74, 6) is 0.941. The van der Waals surface area contributed by atoms with Crippen LogP contribution in [0.1, 0.15) is 30.5 Å². The molecule has 1 N–H and O–H groups in total. The van der Waals surface area contributed by atoms with Gasteiger partial charge in [0.25, 0.3) is 0 Å². The van der Waals surface area contributed by atoms with E-state index in [1.165, 1.54) is 11.8 Å². The Morgan fingerprint density at radius 2 is 1.62 bits per heavy atom. The van der Waals surface area contributed by atoms with E-state index in [9.17, 15) is 4.79 Å². The van der Waals surface area contributed by atoms with E-state index in [4.69, 9.17) is 9.97 Å². The van der Waals surface area contributed by atoms with Crippen molar-refractivity contribution < 1.29 is 4.79 Å². The second kappa shape index (κ2) is 9.96. The van der Waals surface area contributed by atoms with Crippen molar-refractivity contribution in [2.45, 2.75) is 38.6 Å². The van der Waals surface area contributed by atoms with E-state index in [2.05, 4.69) is 56.4 Å². The van der Waals surface area contributed by atoms with Crippen LogP contribution in [-0.2, 0) is 17.6 Å². The van der Waals surface area contributed by atoms with Gasteiger partial charge >= 0.3 is 0 Å². The Balaban J connectivity index is 1.62. The van der Waals surface area contributed by atoms with E-state index in [0.29, 0.717) is 5.82 Å². The number of rotatable bonds is 7. The Hall–Kier alpha value is -3.18. The van der Waals surface area contributed by atoms with Crippen LogP contribution < -0.4 is 5.32 Å². The van der Waals surface area contributed by atoms with Gasteiger partial charge in [0, 0.05) is 16.6 Å². The zero-order valence-electron chi connectivity index (χ0n) is 18.7. The lowest BCUT2D eigenvalue weighted by Crippen LogP contribution is -2.17. The van der Waals surface area contributed by atoms with Gasteiger partial charge in [0.15, 0.2) is 5.82 Å². The minimum atomic E-state index is -0.0220. The number of thioether (sulfide) groups is 1. The number of para-hydroxylation sites is 1. The fourth-order valence-corrected chi connectivity index (χ4v) is 4.56. The molecule has 1 heterocycles. The van der Waals surface area contributed by atoms with Crippen LogP contribution in [0, 0.1) is 6.92 Å². The molecule has 0 aliphatic rings. The summed E-state index contributed by atoms with van der Waals surface area (Å²) < 4.78 is 0. The fourth-order valence-electron chi connectivity index (χ4n) is 3.75. The summed E-state index contributed by atoms with van der Waals surface area (Å²) in [6.45, 7) is 6.28. The van der Waals surface area contributed by atoms with E-state index in [-0.39, 0.29) is 11.7 Å². The van der Waals surface area contributed by atoms with E-state index >= 15 is 0 Å². The number of aryl methyl sites for hydroxylation is 3. The maximum atomic E-state index is 12.9. The standard InChI is InChI=1S/C27H27N3OS/c1-4-19-12-9-13-20(5-2)25(19)29-24(31)17-32-27-22-16-18(3)14-15-23(22)28-26(30-27)21-10-7-6-8-11-21/h6-16H,4-5,17H2,1-3H3,(H,29,31). The number of aromatic nitrogens is 2. The number of fused-ring (bicyclic) bond motifs is 1. The van der Waals surface area contributed by atoms with E-state index in [1.54, 1.807) is 0 Å². The second-order valence-corrected chi connectivity index (χ2v) is 8.70. The van der Waals surface area contributed by atoms with E-state index in [0.717, 1.165) is 56.7 Å². The fraction of sp³-hybridized carbons (Fsp3) is 0.222. The van der Waals surface area contributed by atoms with Gasteiger partial charge in [-0.05, 0) is 43.0 Å². The van der Waals surface area contributed by atoms with Gasteiger partial charge in [0.2, 0.25) is 5.91 Å². The van der Waals surface area contributed by atoms with Crippen molar-refractivity contribution in [3.8, 4) is 11.4 Å². The quantitative estimate of drug-likeness (QED) is 0.264. The van der Waals surface area contributed by atoms with Gasteiger partial charge in [0.05, 0.1) is 11.3 Å². The first kappa shape index (κ1) is 22.0. The lowest BCUT2D eigenvalue weighted by Gasteiger charge is -2.14. The molecular weight excluding hydrogens is 414 g/mol. The molecule has 162 valence electrons. The van der Waals surface area contributed by atoms with Gasteiger partial charge < -0.3 is 5.32 Å². The molecule has 4 rings (SSSR count). The maximum absolute atomic E-state index is 12.9. The highest BCUT2D eigenvalue weighted by Crippen LogP contribution is 2.30. The summed E-state index contributed by atoms with van der Waals surface area (Å²) in [6.07, 6.45) is 1.76. The van der Waals surface area contributed by atoms with Crippen LogP contribution in [0.15, 0.2) is 71.8 Å². The molecule has 4 aromatic rings. The molecule has 0 spiro atoms. The summed E-state index contributed by atoms with van der Waals surface area (Å²) >= 11 is 1.46. The summed E-state index contributed by atoms with van der Waals surface area (Å²) in [5.41, 5.74) is 6.28. The topological polar surface area (TPSA) is 54.9 Å². The molecular formula is C27H27N3OS. The van der Waals surface area contributed by atoms with Crippen molar-refractivity contribution in [1.82, 2.24) is 9.97 Å². The largest absolute Gasteiger partial charge is 0.325 e. The lowest BCUT2D eigenvalue weighted by molar-refractivity contribution is -0.113. The Morgan fingerprint density at radius 1 is 0.906 bits per heavy atom. The average molecular weight is 442 g/mol. The number of nitrogens with one attached hydrogen (secondary N) is 1. The first-order valence-electron chi connectivity index (χ1n) is 11.0. The van der Waals surface area contributed by atoms with Crippen LogP contribution in [0.5, 0.6) is 0 Å². The number of nitrogens with zero attached hydrogens (tertiary/aromatic N) is 2. The minimum absolute atomic E-state index is 0.0220. The van der Waals surface area contributed by atoms with Crippen molar-refractivity contribution in [3.63, 3.8) is 0 Å². The van der Waals surface area contributed by atoms with Crippen LogP contribution in [0.3, 0.4) is 0 Å². The Labute approximate surface area is 193 Å². The maximum Gasteiger partial charge on any atom is 0.234 e. The molecule has 1 amide bonds. The lowest BCUT2D eigenvalue weighted by atomic mass is 10.0. The van der Waals surface area contributed by atoms with Crippen molar-refractivity contribution >= 4 is 34.3 Å². The number of hydrogen-bond donors (Lipinski definition) is 1. The molecule has 1 aromatic heterocycles. The van der Waals surface area contributed by atoms with E-state index in [1.807, 2.05) is 36.4 Å². The normalized spacial score (nSPS) is 11.0. The highest BCUT2D eigenvalue weighted by atomic mass is 32.2. The molecule has 0 atom stereocenters. The molecule has 4 nitrogen and oxygen atoms in total. The van der Waals surface area contributed by atoms with Crippen LogP contribution in [-0.4, -0.2) is 21.6 Å². The van der Waals surface area contributed by atoms with Crippen LogP contribution in [0.2, 0.25) is 0 Å². The van der Waals surface area contributed by atoms with Crippen molar-refractivity contribution in [3.05, 3.63) is 83.4 Å². The molecule has 0 saturated heterocycles. The second-order valence-electron chi connectivity index (χ2n) is 7.73. The number of benzene rings is 3. The molecule has 0 aliphatic carbocycles. The van der Waals surface area contributed by atoms with Gasteiger partial charge in [-0.25, -0.2) is 9.97 Å². The number of carbonyl (C=O) groups is 1. The smallest absolute Gasteiger partial charge is 0.234 e. The van der Waals surface area contributed by atoms with Crippen LogP contribution >= 0.6 is 11.8 Å². The van der Waals surface area contributed by atoms with Gasteiger partial charge in [-0.3, -0.25) is 4.79 Å². The third-order valence-corrected chi connectivity index (χ3v) is 6.44. The zero-order chi connectivity index (χ0) is 22.5. The first-order valence-corrected chi connectivity index (χ1v) is 11.9. The Morgan fingerprint density at radius 3 is 2.31 bits per heavy atom. The number of anilines is 1. The summed E-state index contributed by atoms with van der Waals surface area (Å²) in [7, 11) is 0. The SMILES string of the molecule is CCc1cccc(CC)c1NC(=O)CSc1nc(-c2ccccc2)nc2ccc(C)cc12. The molecule has 5 heteroatoms. The highest BCUT2D eigenvalue weighted by Gasteiger charge is 2.14. The van der Waals surface area contributed by atoms with Crippen LogP contribution in [0.25, 0.3) is 22.3 Å². The molecule has 0 unspecified atom stereocenters. The van der Waals surface area contributed by atoms with Crippen molar-refractivity contribution in [1.29, 1.82) is 0 Å². The van der Waals surface area contributed by atoms with Crippen molar-refractivity contribution in [2.24, 2.45) is 0 Å². The molecule has 0 bridgehead atoms. The molecule has 0 aliphatic heterocycles. The van der Waals surface area contributed by atoms with Crippen molar-refractivity contribution in [2.75, 3.05) is 11.1 Å². The van der Waals surface area contributed by atoms with E-state index < -0.39 is 0 Å². The predicted octanol–water partition coefficient (Wildman–Crippen LogP) is 6.46. The zero-order valence-corrected chi connectivity index (χ0v) is 19.5. The summed E-state index contributed by atoms with van der Waals surface area (Å²) in [5, 5.41) is 4.96. The molecule has 0 fully saturated rings. The molecule has 0 radical (unpaired) electrons. The summed E-state index contributed by atoms with van der Waals surface area (Å²) in [4.78, 5) is 22.5. The highest BCUT2D eigenvalue weighted by molar-refractivity contribution is 8.00. The Bertz CT molecular complexity index is 1230. The number of hydrogen-bond acceptors (Lipinski definition) is 4. The average Bonchev–Trinajstić information content (AvgIpc) is 2.83. The molecule has 32 heavy (non-hydrogen) atoms. The third-order valence-electron chi connectivity index (χ3n) is 5.45. The van der Waals surface area contributed by atoms with Gasteiger partial charge in [-0.2, -0.15) is 0 Å². The Kier molecular flexibility index (Phi) is 6.86. The van der Waals surface area contributed by atoms with Gasteiger partial charge in [-0.15, -0.1) is 0 Å². The number of amides is 1. The summed E-state index contributed by atoms with van der Waals surface area (Å²) in [6, 6.07) is 22.3. The minimum Gasteiger partial charge on any atom is -0.325 e. The molecule has 0 saturated carbocycles. The third kappa shape index (κ3) is 4.83. The monoisotopic (exact) mass is 441 g/mol. The number of carbonyl (C=O) groups excluding carboxylic acids is 1. The first-order chi connectivity index (χ1) is 15.6. The van der Waals surface area contributed by atoms with Crippen LogP contribution in [0.4, 0.5) is 5.69 Å².